The summed E-state index contributed by atoms with van der Waals surface area (Å²) in [5.41, 5.74) is 2.48. The lowest BCUT2D eigenvalue weighted by Gasteiger charge is -2.31. The van der Waals surface area contributed by atoms with Crippen molar-refractivity contribution in [3.63, 3.8) is 0 Å². The number of fused-ring (bicyclic) bond motifs is 2. The van der Waals surface area contributed by atoms with Crippen molar-refractivity contribution in [2.75, 3.05) is 19.8 Å². The van der Waals surface area contributed by atoms with E-state index in [0.717, 1.165) is 12.0 Å². The van der Waals surface area contributed by atoms with E-state index in [1.54, 1.807) is 24.0 Å². The smallest absolute Gasteiger partial charge is 0.355 e. The van der Waals surface area contributed by atoms with E-state index in [2.05, 4.69) is 5.32 Å². The monoisotopic (exact) mass is 470 g/mol. The Hall–Kier alpha value is -3.36. The van der Waals surface area contributed by atoms with Crippen molar-refractivity contribution >= 4 is 34.4 Å². The molecule has 0 radical (unpaired) electrons. The summed E-state index contributed by atoms with van der Waals surface area (Å²) in [5.74, 6) is -0.601. The third-order valence-electron chi connectivity index (χ3n) is 5.70. The third kappa shape index (κ3) is 4.86. The molecule has 0 unspecified atom stereocenters. The van der Waals surface area contributed by atoms with Crippen molar-refractivity contribution in [2.45, 2.75) is 25.9 Å². The molecule has 1 atom stereocenters. The first-order chi connectivity index (χ1) is 15.9. The van der Waals surface area contributed by atoms with Crippen LogP contribution in [0.3, 0.4) is 0 Å². The summed E-state index contributed by atoms with van der Waals surface area (Å²) in [6, 6.07) is 11.6. The van der Waals surface area contributed by atoms with Crippen molar-refractivity contribution in [2.24, 2.45) is 0 Å². The number of aliphatic hydroxyl groups is 1. The van der Waals surface area contributed by atoms with Crippen LogP contribution >= 0.6 is 11.6 Å². The zero-order chi connectivity index (χ0) is 23.5. The molecule has 33 heavy (non-hydrogen) atoms. The van der Waals surface area contributed by atoms with Crippen molar-refractivity contribution in [3.05, 3.63) is 74.6 Å². The highest BCUT2D eigenvalue weighted by atomic mass is 35.5. The fourth-order valence-electron chi connectivity index (χ4n) is 3.88. The zero-order valence-corrected chi connectivity index (χ0v) is 18.7. The van der Waals surface area contributed by atoms with Gasteiger partial charge in [0.25, 0.3) is 5.91 Å². The molecule has 1 aliphatic rings. The van der Waals surface area contributed by atoms with E-state index in [-0.39, 0.29) is 23.1 Å². The number of hydrogen-bond donors (Lipinski definition) is 2. The number of hydrogen-bond acceptors (Lipinski definition) is 6. The second-order valence-electron chi connectivity index (χ2n) is 7.86. The van der Waals surface area contributed by atoms with Gasteiger partial charge < -0.3 is 24.5 Å². The second-order valence-corrected chi connectivity index (χ2v) is 8.23. The Morgan fingerprint density at radius 3 is 2.76 bits per heavy atom. The topological polar surface area (TPSA) is 109 Å². The van der Waals surface area contributed by atoms with Crippen LogP contribution < -0.4 is 15.7 Å². The Kier molecular flexibility index (Phi) is 6.67. The predicted molar refractivity (Wildman–Crippen MR) is 122 cm³/mol. The summed E-state index contributed by atoms with van der Waals surface area (Å²) in [6.45, 7) is 1.76. The Balaban J connectivity index is 1.37. The van der Waals surface area contributed by atoms with E-state index in [1.807, 2.05) is 24.3 Å². The number of carbonyl (C=O) groups excluding carboxylic acids is 2. The van der Waals surface area contributed by atoms with E-state index >= 15 is 0 Å². The Labute approximate surface area is 194 Å². The summed E-state index contributed by atoms with van der Waals surface area (Å²) in [7, 11) is 0. The quantitative estimate of drug-likeness (QED) is 0.534. The summed E-state index contributed by atoms with van der Waals surface area (Å²) in [6.07, 6.45) is 0.722. The molecule has 2 N–H and O–H groups in total. The predicted octanol–water partition coefficient (Wildman–Crippen LogP) is 2.20. The van der Waals surface area contributed by atoms with E-state index in [1.165, 1.54) is 11.6 Å². The number of halogens is 1. The van der Waals surface area contributed by atoms with Crippen LogP contribution in [0.2, 0.25) is 5.02 Å². The second kappa shape index (κ2) is 9.64. The van der Waals surface area contributed by atoms with Crippen LogP contribution in [-0.2, 0) is 22.6 Å². The van der Waals surface area contributed by atoms with E-state index in [4.69, 9.17) is 20.8 Å². The molecule has 8 nitrogen and oxygen atoms in total. The molecule has 3 aromatic rings. The van der Waals surface area contributed by atoms with Gasteiger partial charge in [-0.3, -0.25) is 9.59 Å². The minimum atomic E-state index is -1.06. The van der Waals surface area contributed by atoms with Gasteiger partial charge in [0.1, 0.15) is 22.4 Å². The maximum absolute atomic E-state index is 12.8. The summed E-state index contributed by atoms with van der Waals surface area (Å²) < 4.78 is 10.7. The Morgan fingerprint density at radius 1 is 1.24 bits per heavy atom. The number of aliphatic hydroxyl groups excluding tert-OH is 1. The van der Waals surface area contributed by atoms with Gasteiger partial charge in [0.05, 0.1) is 6.61 Å². The standard InChI is InChI=1S/C24H23ClN2O6/c1-14-18-7-6-17(10-20(18)33-24(31)22(14)25)32-13-21(29)26-19(12-28)23(30)27-9-8-15-4-2-3-5-16(15)11-27/h2-7,10,19,28H,8-9,11-13H2,1H3,(H,26,29)/t19-/m0/s1. The number of benzene rings is 2. The summed E-state index contributed by atoms with van der Waals surface area (Å²) >= 11 is 5.93. The molecule has 2 amide bonds. The first-order valence-corrected chi connectivity index (χ1v) is 10.9. The van der Waals surface area contributed by atoms with Crippen LogP contribution in [0.1, 0.15) is 16.7 Å². The minimum absolute atomic E-state index is 0.0208. The molecule has 172 valence electrons. The van der Waals surface area contributed by atoms with Crippen LogP contribution in [0.4, 0.5) is 0 Å². The number of nitrogens with zero attached hydrogens (tertiary/aromatic N) is 1. The highest BCUT2D eigenvalue weighted by Gasteiger charge is 2.28. The minimum Gasteiger partial charge on any atom is -0.484 e. The third-order valence-corrected chi connectivity index (χ3v) is 6.13. The Bertz CT molecular complexity index is 1270. The normalized spacial score (nSPS) is 14.0. The molecule has 2 aromatic carbocycles. The van der Waals surface area contributed by atoms with Crippen molar-refractivity contribution < 1.29 is 23.8 Å². The van der Waals surface area contributed by atoms with E-state index in [0.29, 0.717) is 29.8 Å². The molecule has 0 spiro atoms. The molecular formula is C24H23ClN2O6. The van der Waals surface area contributed by atoms with Crippen LogP contribution in [0, 0.1) is 6.92 Å². The van der Waals surface area contributed by atoms with Gasteiger partial charge in [-0.25, -0.2) is 4.79 Å². The van der Waals surface area contributed by atoms with E-state index in [9.17, 15) is 19.5 Å². The first-order valence-electron chi connectivity index (χ1n) is 10.5. The van der Waals surface area contributed by atoms with Crippen LogP contribution in [0.5, 0.6) is 5.75 Å². The van der Waals surface area contributed by atoms with E-state index < -0.39 is 24.2 Å². The lowest BCUT2D eigenvalue weighted by atomic mass is 9.99. The maximum Gasteiger partial charge on any atom is 0.355 e. The van der Waals surface area contributed by atoms with Gasteiger partial charge in [-0.05, 0) is 42.2 Å². The number of ether oxygens (including phenoxy) is 1. The van der Waals surface area contributed by atoms with Crippen molar-refractivity contribution in [1.29, 1.82) is 0 Å². The Morgan fingerprint density at radius 2 is 2.00 bits per heavy atom. The molecule has 0 fully saturated rings. The SMILES string of the molecule is Cc1c(Cl)c(=O)oc2cc(OCC(=O)N[C@@H](CO)C(=O)N3CCc4ccccc4C3)ccc12. The molecule has 0 saturated carbocycles. The zero-order valence-electron chi connectivity index (χ0n) is 18.0. The molecule has 1 aliphatic heterocycles. The number of nitrogens with one attached hydrogen (secondary N) is 1. The number of carbonyl (C=O) groups is 2. The highest BCUT2D eigenvalue weighted by Crippen LogP contribution is 2.26. The molecule has 0 bridgehead atoms. The fourth-order valence-corrected chi connectivity index (χ4v) is 4.02. The lowest BCUT2D eigenvalue weighted by Crippen LogP contribution is -2.52. The summed E-state index contributed by atoms with van der Waals surface area (Å²) in [5, 5.41) is 12.9. The number of amides is 2. The molecule has 0 aliphatic carbocycles. The molecule has 0 saturated heterocycles. The molecule has 2 heterocycles. The van der Waals surface area contributed by atoms with Gasteiger partial charge >= 0.3 is 5.63 Å². The highest BCUT2D eigenvalue weighted by molar-refractivity contribution is 6.31. The average Bonchev–Trinajstić information content (AvgIpc) is 2.83. The maximum atomic E-state index is 12.8. The van der Waals surface area contributed by atoms with Crippen LogP contribution in [0.15, 0.2) is 51.7 Å². The molecule has 9 heteroatoms. The molecule has 4 rings (SSSR count). The van der Waals surface area contributed by atoms with Crippen molar-refractivity contribution in [3.8, 4) is 5.75 Å². The van der Waals surface area contributed by atoms with Gasteiger partial charge in [-0.2, -0.15) is 0 Å². The fraction of sp³-hybridized carbons (Fsp3) is 0.292. The van der Waals surface area contributed by atoms with Gasteiger partial charge in [-0.1, -0.05) is 35.9 Å². The van der Waals surface area contributed by atoms with Gasteiger partial charge in [0, 0.05) is 24.5 Å². The molecule has 1 aromatic heterocycles. The van der Waals surface area contributed by atoms with Gasteiger partial charge in [-0.15, -0.1) is 0 Å². The van der Waals surface area contributed by atoms with Crippen LogP contribution in [0.25, 0.3) is 11.0 Å². The summed E-state index contributed by atoms with van der Waals surface area (Å²) in [4.78, 5) is 38.6. The lowest BCUT2D eigenvalue weighted by molar-refractivity contribution is -0.138. The van der Waals surface area contributed by atoms with Gasteiger partial charge in [0.2, 0.25) is 5.91 Å². The molecular weight excluding hydrogens is 448 g/mol. The average molecular weight is 471 g/mol. The van der Waals surface area contributed by atoms with Crippen LogP contribution in [-0.4, -0.2) is 47.6 Å². The van der Waals surface area contributed by atoms with Crippen molar-refractivity contribution in [1.82, 2.24) is 10.2 Å². The first kappa shape index (κ1) is 22.8. The van der Waals surface area contributed by atoms with Gasteiger partial charge in [0.15, 0.2) is 6.61 Å². The number of rotatable bonds is 6. The number of aryl methyl sites for hydroxylation is 1. The largest absolute Gasteiger partial charge is 0.484 e.